The Balaban J connectivity index is 1.53. The van der Waals surface area contributed by atoms with Crippen LogP contribution in [-0.4, -0.2) is 38.2 Å². The molecule has 4 rings (SSSR count). The number of aromatic nitrogens is 3. The van der Waals surface area contributed by atoms with E-state index in [-0.39, 0.29) is 18.5 Å². The molecule has 1 fully saturated rings. The smallest absolute Gasteiger partial charge is 0.238 e. The van der Waals surface area contributed by atoms with Crippen LogP contribution in [0, 0.1) is 0 Å². The van der Waals surface area contributed by atoms with Crippen LogP contribution in [-0.2, 0) is 4.79 Å². The largest absolute Gasteiger partial charge is 0.323 e. The molecule has 0 radical (unpaired) electrons. The molecule has 29 heavy (non-hydrogen) atoms. The number of rotatable bonds is 7. The quantitative estimate of drug-likeness (QED) is 0.588. The van der Waals surface area contributed by atoms with Crippen molar-refractivity contribution in [2.75, 3.05) is 11.9 Å². The Hall–Kier alpha value is -2.41. The lowest BCUT2D eigenvalue weighted by Crippen LogP contribution is -2.37. The summed E-state index contributed by atoms with van der Waals surface area (Å²) in [5.41, 5.74) is 2.33. The number of carbonyl (C=O) groups is 1. The van der Waals surface area contributed by atoms with Gasteiger partial charge in [0.2, 0.25) is 5.91 Å². The Morgan fingerprint density at radius 1 is 1.28 bits per heavy atom. The number of amides is 1. The summed E-state index contributed by atoms with van der Waals surface area (Å²) in [7, 11) is 0. The van der Waals surface area contributed by atoms with Crippen LogP contribution in [0.2, 0.25) is 10.0 Å². The maximum atomic E-state index is 12.9. The summed E-state index contributed by atoms with van der Waals surface area (Å²) in [6, 6.07) is 13.5. The molecule has 1 aromatic heterocycles. The van der Waals surface area contributed by atoms with Crippen molar-refractivity contribution >= 4 is 34.8 Å². The van der Waals surface area contributed by atoms with Crippen LogP contribution >= 0.6 is 23.2 Å². The average molecular weight is 430 g/mol. The van der Waals surface area contributed by atoms with Gasteiger partial charge in [-0.1, -0.05) is 41.4 Å². The molecule has 1 atom stereocenters. The predicted octanol–water partition coefficient (Wildman–Crippen LogP) is 4.74. The molecule has 1 heterocycles. The molecule has 0 bridgehead atoms. The fraction of sp³-hybridized carbons (Fsp3) is 0.286. The van der Waals surface area contributed by atoms with E-state index in [4.69, 9.17) is 23.2 Å². The molecule has 1 aliphatic carbocycles. The third kappa shape index (κ3) is 4.61. The topological polar surface area (TPSA) is 63.1 Å². The molecule has 150 valence electrons. The van der Waals surface area contributed by atoms with Crippen LogP contribution in [0.25, 0.3) is 5.69 Å². The lowest BCUT2D eigenvalue weighted by Gasteiger charge is -2.29. The fourth-order valence-electron chi connectivity index (χ4n) is 3.48. The second-order valence-corrected chi connectivity index (χ2v) is 7.99. The molecule has 1 saturated carbocycles. The number of halogens is 2. The van der Waals surface area contributed by atoms with Gasteiger partial charge < -0.3 is 5.32 Å². The van der Waals surface area contributed by atoms with Crippen LogP contribution in [0.5, 0.6) is 0 Å². The second-order valence-electron chi connectivity index (χ2n) is 7.15. The van der Waals surface area contributed by atoms with Crippen molar-refractivity contribution in [3.8, 4) is 5.69 Å². The van der Waals surface area contributed by atoms with Crippen molar-refractivity contribution in [2.24, 2.45) is 0 Å². The number of hydrogen-bond acceptors (Lipinski definition) is 4. The highest BCUT2D eigenvalue weighted by atomic mass is 35.5. The first kappa shape index (κ1) is 19.9. The van der Waals surface area contributed by atoms with Crippen molar-refractivity contribution in [1.29, 1.82) is 0 Å². The third-order valence-electron chi connectivity index (χ3n) is 5.09. The van der Waals surface area contributed by atoms with Gasteiger partial charge in [0.1, 0.15) is 12.7 Å². The fourth-order valence-corrected chi connectivity index (χ4v) is 3.94. The van der Waals surface area contributed by atoms with E-state index >= 15 is 0 Å². The summed E-state index contributed by atoms with van der Waals surface area (Å²) in [5.74, 6) is -0.112. The highest BCUT2D eigenvalue weighted by Crippen LogP contribution is 2.36. The molecule has 0 spiro atoms. The van der Waals surface area contributed by atoms with Gasteiger partial charge in [0, 0.05) is 22.1 Å². The van der Waals surface area contributed by atoms with E-state index in [0.29, 0.717) is 22.4 Å². The van der Waals surface area contributed by atoms with E-state index in [1.165, 1.54) is 6.33 Å². The van der Waals surface area contributed by atoms with E-state index in [9.17, 15) is 4.79 Å². The number of carbonyl (C=O) groups excluding carboxylic acids is 1. The monoisotopic (exact) mass is 429 g/mol. The van der Waals surface area contributed by atoms with Gasteiger partial charge in [-0.15, -0.1) is 0 Å². The summed E-state index contributed by atoms with van der Waals surface area (Å²) >= 11 is 12.5. The Morgan fingerprint density at radius 3 is 2.76 bits per heavy atom. The van der Waals surface area contributed by atoms with Crippen molar-refractivity contribution in [1.82, 2.24) is 19.7 Å². The van der Waals surface area contributed by atoms with Crippen molar-refractivity contribution < 1.29 is 4.79 Å². The van der Waals surface area contributed by atoms with E-state index in [1.807, 2.05) is 24.3 Å². The lowest BCUT2D eigenvalue weighted by molar-refractivity contribution is -0.118. The van der Waals surface area contributed by atoms with Gasteiger partial charge in [-0.2, -0.15) is 5.10 Å². The van der Waals surface area contributed by atoms with E-state index in [1.54, 1.807) is 29.2 Å². The summed E-state index contributed by atoms with van der Waals surface area (Å²) in [6.45, 7) is 2.35. The number of nitrogens with zero attached hydrogens (tertiary/aromatic N) is 4. The molecular formula is C21H21Cl2N5O. The van der Waals surface area contributed by atoms with Crippen LogP contribution in [0.4, 0.5) is 5.69 Å². The maximum absolute atomic E-state index is 12.9. The Labute approximate surface area is 179 Å². The molecule has 0 saturated heterocycles. The van der Waals surface area contributed by atoms with Gasteiger partial charge >= 0.3 is 0 Å². The third-order valence-corrected chi connectivity index (χ3v) is 5.67. The van der Waals surface area contributed by atoms with Crippen molar-refractivity contribution in [3.05, 3.63) is 70.7 Å². The van der Waals surface area contributed by atoms with Crippen molar-refractivity contribution in [3.63, 3.8) is 0 Å². The first-order valence-electron chi connectivity index (χ1n) is 9.47. The molecule has 1 aliphatic rings. The molecule has 3 aromatic rings. The molecule has 0 aliphatic heterocycles. The van der Waals surface area contributed by atoms with Crippen LogP contribution in [0.3, 0.4) is 0 Å². The zero-order valence-electron chi connectivity index (χ0n) is 15.9. The highest BCUT2D eigenvalue weighted by molar-refractivity contribution is 6.31. The summed E-state index contributed by atoms with van der Waals surface area (Å²) in [5, 5.41) is 8.39. The Bertz CT molecular complexity index is 1000. The Kier molecular flexibility index (Phi) is 5.85. The zero-order valence-corrected chi connectivity index (χ0v) is 17.4. The Morgan fingerprint density at radius 2 is 2.07 bits per heavy atom. The highest BCUT2D eigenvalue weighted by Gasteiger charge is 2.34. The average Bonchev–Trinajstić information content (AvgIpc) is 3.40. The van der Waals surface area contributed by atoms with Crippen LogP contribution in [0.1, 0.15) is 31.4 Å². The first-order valence-corrected chi connectivity index (χ1v) is 10.2. The minimum atomic E-state index is -0.112. The molecule has 6 nitrogen and oxygen atoms in total. The van der Waals surface area contributed by atoms with Gasteiger partial charge in [-0.05, 0) is 49.6 Å². The minimum absolute atomic E-state index is 0.0381. The van der Waals surface area contributed by atoms with E-state index in [0.717, 1.165) is 23.4 Å². The van der Waals surface area contributed by atoms with Gasteiger partial charge in [0.25, 0.3) is 0 Å². The molecule has 1 N–H and O–H groups in total. The van der Waals surface area contributed by atoms with Crippen LogP contribution in [0.15, 0.2) is 55.1 Å². The van der Waals surface area contributed by atoms with Gasteiger partial charge in [-0.25, -0.2) is 9.67 Å². The van der Waals surface area contributed by atoms with Crippen LogP contribution < -0.4 is 5.32 Å². The number of anilines is 1. The lowest BCUT2D eigenvalue weighted by atomic mass is 10.1. The minimum Gasteiger partial charge on any atom is -0.323 e. The second kappa shape index (κ2) is 8.53. The summed E-state index contributed by atoms with van der Waals surface area (Å²) in [6.07, 6.45) is 5.20. The normalized spacial score (nSPS) is 14.8. The first-order chi connectivity index (χ1) is 14.0. The molecule has 2 aromatic carbocycles. The van der Waals surface area contributed by atoms with E-state index < -0.39 is 0 Å². The van der Waals surface area contributed by atoms with Gasteiger partial charge in [0.15, 0.2) is 0 Å². The molecule has 8 heteroatoms. The maximum Gasteiger partial charge on any atom is 0.238 e. The molecule has 1 amide bonds. The molecular weight excluding hydrogens is 409 g/mol. The number of nitrogens with one attached hydrogen (secondary N) is 1. The van der Waals surface area contributed by atoms with E-state index in [2.05, 4.69) is 27.2 Å². The SMILES string of the molecule is CC(c1ccccc1Cl)N(CC(=O)Nc1cc(Cl)ccc1-n1cncn1)C1CC1. The standard InChI is InChI=1S/C21H21Cl2N5O/c1-14(17-4-2-3-5-18(17)23)27(16-7-8-16)11-21(29)26-19-10-15(22)6-9-20(19)28-13-24-12-25-28/h2-6,9-10,12-14,16H,7-8,11H2,1H3,(H,26,29). The number of benzene rings is 2. The molecule has 1 unspecified atom stereocenters. The summed E-state index contributed by atoms with van der Waals surface area (Å²) in [4.78, 5) is 19.1. The number of hydrogen-bond donors (Lipinski definition) is 1. The predicted molar refractivity (Wildman–Crippen MR) is 115 cm³/mol. The zero-order chi connectivity index (χ0) is 20.4. The van der Waals surface area contributed by atoms with Gasteiger partial charge in [0.05, 0.1) is 17.9 Å². The van der Waals surface area contributed by atoms with Crippen molar-refractivity contribution in [2.45, 2.75) is 31.8 Å². The summed E-state index contributed by atoms with van der Waals surface area (Å²) < 4.78 is 1.59. The van der Waals surface area contributed by atoms with Gasteiger partial charge in [-0.3, -0.25) is 9.69 Å².